The van der Waals surface area contributed by atoms with Gasteiger partial charge in [-0.3, -0.25) is 9.10 Å². The van der Waals surface area contributed by atoms with E-state index in [1.807, 2.05) is 0 Å². The molecule has 0 unspecified atom stereocenters. The van der Waals surface area contributed by atoms with Gasteiger partial charge in [0.05, 0.1) is 22.4 Å². The minimum Gasteiger partial charge on any atom is -0.271 e. The molecule has 34 heavy (non-hydrogen) atoms. The number of hydrazone groups is 1. The van der Waals surface area contributed by atoms with Gasteiger partial charge in [-0.15, -0.1) is 0 Å². The van der Waals surface area contributed by atoms with E-state index in [1.54, 1.807) is 43.3 Å². The van der Waals surface area contributed by atoms with Crippen LogP contribution in [0.2, 0.25) is 5.02 Å². The Balaban J connectivity index is 1.93. The van der Waals surface area contributed by atoms with Crippen molar-refractivity contribution in [2.45, 2.75) is 18.0 Å². The molecule has 3 aromatic rings. The number of halogens is 4. The highest BCUT2D eigenvalue weighted by molar-refractivity contribution is 7.92. The highest BCUT2D eigenvalue weighted by Gasteiger charge is 2.33. The summed E-state index contributed by atoms with van der Waals surface area (Å²) in [5, 5.41) is 4.14. The van der Waals surface area contributed by atoms with Crippen molar-refractivity contribution >= 4 is 39.4 Å². The first-order valence-electron chi connectivity index (χ1n) is 9.81. The highest BCUT2D eigenvalue weighted by atomic mass is 35.5. The van der Waals surface area contributed by atoms with Crippen molar-refractivity contribution in [2.75, 3.05) is 10.8 Å². The van der Waals surface area contributed by atoms with Crippen LogP contribution in [0.1, 0.15) is 16.7 Å². The van der Waals surface area contributed by atoms with Gasteiger partial charge in [-0.2, -0.15) is 18.3 Å². The van der Waals surface area contributed by atoms with Gasteiger partial charge >= 0.3 is 6.18 Å². The van der Waals surface area contributed by atoms with E-state index in [-0.39, 0.29) is 10.6 Å². The molecule has 6 nitrogen and oxygen atoms in total. The monoisotopic (exact) mass is 509 g/mol. The third-order valence-electron chi connectivity index (χ3n) is 4.66. The molecule has 11 heteroatoms. The summed E-state index contributed by atoms with van der Waals surface area (Å²) in [6, 6.07) is 16.2. The van der Waals surface area contributed by atoms with Crippen molar-refractivity contribution in [1.29, 1.82) is 0 Å². The fourth-order valence-corrected chi connectivity index (χ4v) is 4.51. The minimum absolute atomic E-state index is 0.178. The van der Waals surface area contributed by atoms with Crippen LogP contribution in [0.15, 0.2) is 82.8 Å². The zero-order valence-corrected chi connectivity index (χ0v) is 19.3. The molecule has 1 amide bonds. The van der Waals surface area contributed by atoms with E-state index in [1.165, 1.54) is 24.4 Å². The fraction of sp³-hybridized carbons (Fsp3) is 0.130. The summed E-state index contributed by atoms with van der Waals surface area (Å²) < 4.78 is 66.9. The van der Waals surface area contributed by atoms with Gasteiger partial charge in [-0.25, -0.2) is 13.8 Å². The summed E-state index contributed by atoms with van der Waals surface area (Å²) in [6.45, 7) is 0.947. The number of hydrogen-bond donors (Lipinski definition) is 1. The van der Waals surface area contributed by atoms with Crippen molar-refractivity contribution in [3.8, 4) is 0 Å². The van der Waals surface area contributed by atoms with Crippen molar-refractivity contribution < 1.29 is 26.4 Å². The van der Waals surface area contributed by atoms with Gasteiger partial charge in [-0.1, -0.05) is 53.6 Å². The Hall–Kier alpha value is -3.37. The van der Waals surface area contributed by atoms with Crippen LogP contribution < -0.4 is 9.73 Å². The number of alkyl halides is 3. The molecule has 3 aromatic carbocycles. The smallest absolute Gasteiger partial charge is 0.271 e. The molecule has 0 aliphatic carbocycles. The molecule has 0 saturated carbocycles. The lowest BCUT2D eigenvalue weighted by molar-refractivity contribution is -0.137. The van der Waals surface area contributed by atoms with Crippen LogP contribution >= 0.6 is 11.6 Å². The third-order valence-corrected chi connectivity index (χ3v) is 6.79. The molecule has 0 saturated heterocycles. The van der Waals surface area contributed by atoms with Gasteiger partial charge in [0.15, 0.2) is 0 Å². The van der Waals surface area contributed by atoms with Crippen LogP contribution in [0.25, 0.3) is 0 Å². The van der Waals surface area contributed by atoms with Crippen molar-refractivity contribution in [2.24, 2.45) is 5.10 Å². The maximum atomic E-state index is 13.3. The number of rotatable bonds is 7. The Kier molecular flexibility index (Phi) is 7.63. The Morgan fingerprint density at radius 2 is 1.74 bits per heavy atom. The molecule has 3 rings (SSSR count). The van der Waals surface area contributed by atoms with Gasteiger partial charge in [0.1, 0.15) is 6.54 Å². The number of sulfonamides is 1. The predicted octanol–water partition coefficient (Wildman–Crippen LogP) is 5.01. The number of carbonyl (C=O) groups excluding carboxylic acids is 1. The molecule has 1 N–H and O–H groups in total. The standard InChI is InChI=1S/C23H19ClF3N3O3S/c1-16-9-11-20(12-10-16)34(32,33)30(19-7-4-6-18(13-19)23(25,26)27)15-22(31)29-28-14-17-5-2-3-8-21(17)24/h2-14H,15H2,1H3,(H,29,31)/b28-14-. The number of amides is 1. The normalized spacial score (nSPS) is 12.0. The van der Waals surface area contributed by atoms with Crippen LogP contribution in [0.3, 0.4) is 0 Å². The Labute approximate surface area is 199 Å². The lowest BCUT2D eigenvalue weighted by atomic mass is 10.2. The summed E-state index contributed by atoms with van der Waals surface area (Å²) in [6.07, 6.45) is -3.43. The average molecular weight is 510 g/mol. The SMILES string of the molecule is Cc1ccc(S(=O)(=O)N(CC(=O)N/N=C\c2ccccc2Cl)c2cccc(C(F)(F)F)c2)cc1. The highest BCUT2D eigenvalue weighted by Crippen LogP contribution is 2.33. The third kappa shape index (κ3) is 6.15. The topological polar surface area (TPSA) is 78.8 Å². The largest absolute Gasteiger partial charge is 0.416 e. The van der Waals surface area contributed by atoms with Crippen LogP contribution in [-0.4, -0.2) is 27.1 Å². The first kappa shape index (κ1) is 25.3. The van der Waals surface area contributed by atoms with E-state index in [2.05, 4.69) is 10.5 Å². The lowest BCUT2D eigenvalue weighted by Crippen LogP contribution is -2.39. The summed E-state index contributed by atoms with van der Waals surface area (Å²) in [4.78, 5) is 12.4. The van der Waals surface area contributed by atoms with Gasteiger partial charge in [0.25, 0.3) is 15.9 Å². The van der Waals surface area contributed by atoms with Gasteiger partial charge in [0, 0.05) is 10.6 Å². The quantitative estimate of drug-likeness (QED) is 0.359. The van der Waals surface area contributed by atoms with Crippen LogP contribution in [0.5, 0.6) is 0 Å². The van der Waals surface area contributed by atoms with E-state index in [0.717, 1.165) is 17.7 Å². The van der Waals surface area contributed by atoms with Gasteiger partial charge in [0.2, 0.25) is 0 Å². The molecular formula is C23H19ClF3N3O3S. The minimum atomic E-state index is -4.70. The lowest BCUT2D eigenvalue weighted by Gasteiger charge is -2.24. The number of benzene rings is 3. The summed E-state index contributed by atoms with van der Waals surface area (Å²) in [7, 11) is -4.38. The number of hydrogen-bond acceptors (Lipinski definition) is 4. The predicted molar refractivity (Wildman–Crippen MR) is 124 cm³/mol. The number of aryl methyl sites for hydroxylation is 1. The maximum Gasteiger partial charge on any atom is 0.416 e. The fourth-order valence-electron chi connectivity index (χ4n) is 2.91. The second-order valence-corrected chi connectivity index (χ2v) is 9.46. The molecule has 178 valence electrons. The van der Waals surface area contributed by atoms with Crippen molar-refractivity contribution in [1.82, 2.24) is 5.43 Å². The first-order valence-corrected chi connectivity index (χ1v) is 11.6. The molecule has 0 aromatic heterocycles. The summed E-state index contributed by atoms with van der Waals surface area (Å²) in [5.41, 5.74) is 2.11. The molecule has 0 spiro atoms. The second kappa shape index (κ2) is 10.3. The van der Waals surface area contributed by atoms with Crippen molar-refractivity contribution in [3.63, 3.8) is 0 Å². The first-order chi connectivity index (χ1) is 16.0. The number of anilines is 1. The number of carbonyl (C=O) groups is 1. The van der Waals surface area contributed by atoms with E-state index in [0.29, 0.717) is 21.0 Å². The molecule has 0 radical (unpaired) electrons. The maximum absolute atomic E-state index is 13.3. The Morgan fingerprint density at radius 1 is 1.06 bits per heavy atom. The van der Waals surface area contributed by atoms with E-state index in [9.17, 15) is 26.4 Å². The Bertz CT molecular complexity index is 1310. The summed E-state index contributed by atoms with van der Waals surface area (Å²) in [5.74, 6) is -0.864. The van der Waals surface area contributed by atoms with Crippen molar-refractivity contribution in [3.05, 3.63) is 94.5 Å². The molecule has 0 aliphatic rings. The van der Waals surface area contributed by atoms with Gasteiger partial charge in [-0.05, 0) is 43.3 Å². The molecular weight excluding hydrogens is 491 g/mol. The number of nitrogens with zero attached hydrogens (tertiary/aromatic N) is 2. The van der Waals surface area contributed by atoms with Crippen LogP contribution in [-0.2, 0) is 21.0 Å². The van der Waals surface area contributed by atoms with E-state index in [4.69, 9.17) is 11.6 Å². The van der Waals surface area contributed by atoms with Crippen LogP contribution in [0.4, 0.5) is 18.9 Å². The van der Waals surface area contributed by atoms with Gasteiger partial charge < -0.3 is 0 Å². The number of nitrogens with one attached hydrogen (secondary N) is 1. The summed E-state index contributed by atoms with van der Waals surface area (Å²) >= 11 is 6.01. The molecule has 0 heterocycles. The van der Waals surface area contributed by atoms with Crippen LogP contribution in [0, 0.1) is 6.92 Å². The van der Waals surface area contributed by atoms with E-state index < -0.39 is 34.2 Å². The second-order valence-electron chi connectivity index (χ2n) is 7.19. The molecule has 0 aliphatic heterocycles. The van der Waals surface area contributed by atoms with E-state index >= 15 is 0 Å². The zero-order chi connectivity index (χ0) is 24.9. The average Bonchev–Trinajstić information content (AvgIpc) is 2.78. The molecule has 0 fully saturated rings. The zero-order valence-electron chi connectivity index (χ0n) is 17.8. The molecule has 0 bridgehead atoms. The molecule has 0 atom stereocenters. The Morgan fingerprint density at radius 3 is 2.38 bits per heavy atom.